The molecule has 2 heterocycles. The molecule has 0 aliphatic heterocycles. The van der Waals surface area contributed by atoms with Gasteiger partial charge in [-0.3, -0.25) is 0 Å². The van der Waals surface area contributed by atoms with Crippen molar-refractivity contribution in [3.05, 3.63) is 29.7 Å². The Morgan fingerprint density at radius 1 is 1.33 bits per heavy atom. The van der Waals surface area contributed by atoms with Crippen LogP contribution in [0.5, 0.6) is 0 Å². The largest absolute Gasteiger partial charge is 0.417 e. The number of anilines is 1. The van der Waals surface area contributed by atoms with E-state index in [-0.39, 0.29) is 11.8 Å². The molecular weight excluding hydrogens is 247 g/mol. The molecule has 0 spiro atoms. The maximum atomic E-state index is 12.4. The molecule has 0 radical (unpaired) electrons. The number of alkyl halides is 3. The minimum Gasteiger partial charge on any atom is -0.368 e. The Kier molecular flexibility index (Phi) is 2.93. The summed E-state index contributed by atoms with van der Waals surface area (Å²) in [5.41, 5.74) is 4.78. The second-order valence-corrected chi connectivity index (χ2v) is 3.55. The summed E-state index contributed by atoms with van der Waals surface area (Å²) in [6.45, 7) is 1.85. The standard InChI is InChI=1S/C10H10F3N5/c1-2-7-16-9(14)18(17-7)8-4-3-6(5-15-8)10(11,12)13/h3-5H,2H2,1H3,(H2,14,16,17). The van der Waals surface area contributed by atoms with Crippen LogP contribution in [0.25, 0.3) is 5.82 Å². The van der Waals surface area contributed by atoms with E-state index >= 15 is 0 Å². The van der Waals surface area contributed by atoms with Gasteiger partial charge in [0.15, 0.2) is 11.6 Å². The molecule has 5 nitrogen and oxygen atoms in total. The number of aryl methyl sites for hydroxylation is 1. The average Bonchev–Trinajstić information content (AvgIpc) is 2.70. The Morgan fingerprint density at radius 2 is 2.06 bits per heavy atom. The lowest BCUT2D eigenvalue weighted by Gasteiger charge is -2.06. The number of halogens is 3. The molecule has 0 atom stereocenters. The van der Waals surface area contributed by atoms with Crippen molar-refractivity contribution < 1.29 is 13.2 Å². The van der Waals surface area contributed by atoms with Gasteiger partial charge in [-0.2, -0.15) is 22.8 Å². The topological polar surface area (TPSA) is 69.6 Å². The van der Waals surface area contributed by atoms with Crippen LogP contribution in [-0.2, 0) is 12.6 Å². The lowest BCUT2D eigenvalue weighted by atomic mass is 10.3. The normalized spacial score (nSPS) is 11.8. The lowest BCUT2D eigenvalue weighted by Crippen LogP contribution is -2.08. The highest BCUT2D eigenvalue weighted by atomic mass is 19.4. The maximum absolute atomic E-state index is 12.4. The molecule has 0 unspecified atom stereocenters. The van der Waals surface area contributed by atoms with Crippen LogP contribution in [0.15, 0.2) is 18.3 Å². The summed E-state index contributed by atoms with van der Waals surface area (Å²) in [5, 5.41) is 4.03. The number of nitrogens with zero attached hydrogens (tertiary/aromatic N) is 4. The molecule has 0 saturated heterocycles. The minimum absolute atomic E-state index is 0.0964. The molecule has 2 rings (SSSR count). The van der Waals surface area contributed by atoms with Crippen molar-refractivity contribution in [1.29, 1.82) is 0 Å². The van der Waals surface area contributed by atoms with E-state index in [1.807, 2.05) is 6.92 Å². The van der Waals surface area contributed by atoms with Crippen LogP contribution in [0.3, 0.4) is 0 Å². The van der Waals surface area contributed by atoms with Gasteiger partial charge >= 0.3 is 6.18 Å². The van der Waals surface area contributed by atoms with E-state index in [2.05, 4.69) is 15.1 Å². The van der Waals surface area contributed by atoms with Gasteiger partial charge in [0.2, 0.25) is 5.95 Å². The number of pyridine rings is 1. The second kappa shape index (κ2) is 4.28. The Bertz CT molecular complexity index is 544. The Hall–Kier alpha value is -2.12. The third-order valence-electron chi connectivity index (χ3n) is 2.28. The van der Waals surface area contributed by atoms with Gasteiger partial charge in [0.25, 0.3) is 0 Å². The third kappa shape index (κ3) is 2.27. The summed E-state index contributed by atoms with van der Waals surface area (Å²) in [6.07, 6.45) is -3.09. The van der Waals surface area contributed by atoms with Gasteiger partial charge in [-0.05, 0) is 12.1 Å². The molecule has 96 valence electrons. The maximum Gasteiger partial charge on any atom is 0.417 e. The number of nitrogens with two attached hydrogens (primary N) is 1. The van der Waals surface area contributed by atoms with Gasteiger partial charge < -0.3 is 5.73 Å². The molecular formula is C10H10F3N5. The predicted molar refractivity (Wildman–Crippen MR) is 57.9 cm³/mol. The first kappa shape index (κ1) is 12.3. The number of aromatic nitrogens is 4. The molecule has 2 N–H and O–H groups in total. The zero-order chi connectivity index (χ0) is 13.3. The minimum atomic E-state index is -4.41. The van der Waals surface area contributed by atoms with Gasteiger partial charge in [-0.1, -0.05) is 6.92 Å². The summed E-state index contributed by atoms with van der Waals surface area (Å²) < 4.78 is 38.3. The highest BCUT2D eigenvalue weighted by molar-refractivity contribution is 5.33. The number of rotatable bonds is 2. The molecule has 8 heteroatoms. The van der Waals surface area contributed by atoms with E-state index < -0.39 is 11.7 Å². The van der Waals surface area contributed by atoms with Crippen molar-refractivity contribution in [3.63, 3.8) is 0 Å². The molecule has 0 saturated carbocycles. The first-order chi connectivity index (χ1) is 8.41. The van der Waals surface area contributed by atoms with E-state index in [0.29, 0.717) is 12.2 Å². The Morgan fingerprint density at radius 3 is 2.50 bits per heavy atom. The monoisotopic (exact) mass is 257 g/mol. The smallest absolute Gasteiger partial charge is 0.368 e. The van der Waals surface area contributed by atoms with Crippen LogP contribution in [0.2, 0.25) is 0 Å². The van der Waals surface area contributed by atoms with Crippen LogP contribution < -0.4 is 5.73 Å². The van der Waals surface area contributed by atoms with Crippen LogP contribution in [-0.4, -0.2) is 19.7 Å². The van der Waals surface area contributed by atoms with Gasteiger partial charge in [0.05, 0.1) is 5.56 Å². The van der Waals surface area contributed by atoms with Crippen molar-refractivity contribution in [2.75, 3.05) is 5.73 Å². The zero-order valence-electron chi connectivity index (χ0n) is 9.44. The molecule has 0 aromatic carbocycles. The summed E-state index contributed by atoms with van der Waals surface area (Å²) in [6, 6.07) is 2.13. The summed E-state index contributed by atoms with van der Waals surface area (Å²) >= 11 is 0. The fourth-order valence-electron chi connectivity index (χ4n) is 1.37. The van der Waals surface area contributed by atoms with Crippen LogP contribution >= 0.6 is 0 Å². The zero-order valence-corrected chi connectivity index (χ0v) is 9.44. The second-order valence-electron chi connectivity index (χ2n) is 3.55. The molecule has 18 heavy (non-hydrogen) atoms. The van der Waals surface area contributed by atoms with Gasteiger partial charge in [-0.15, -0.1) is 5.10 Å². The first-order valence-corrected chi connectivity index (χ1v) is 5.17. The predicted octanol–water partition coefficient (Wildman–Crippen LogP) is 1.83. The van der Waals surface area contributed by atoms with Gasteiger partial charge in [-0.25, -0.2) is 4.98 Å². The Labute approximate surface area is 100 Å². The highest BCUT2D eigenvalue weighted by Crippen LogP contribution is 2.28. The van der Waals surface area contributed by atoms with E-state index in [9.17, 15) is 13.2 Å². The SMILES string of the molecule is CCc1nc(N)n(-c2ccc(C(F)(F)F)cn2)n1. The number of hydrogen-bond donors (Lipinski definition) is 1. The van der Waals surface area contributed by atoms with Crippen molar-refractivity contribution in [2.45, 2.75) is 19.5 Å². The lowest BCUT2D eigenvalue weighted by molar-refractivity contribution is -0.137. The van der Waals surface area contributed by atoms with Crippen LogP contribution in [0.4, 0.5) is 19.1 Å². The molecule has 0 bridgehead atoms. The van der Waals surface area contributed by atoms with Gasteiger partial charge in [0.1, 0.15) is 0 Å². The molecule has 0 aliphatic rings. The van der Waals surface area contributed by atoms with Crippen LogP contribution in [0, 0.1) is 0 Å². The molecule has 2 aromatic rings. The van der Waals surface area contributed by atoms with E-state index in [1.165, 1.54) is 10.7 Å². The summed E-state index contributed by atoms with van der Waals surface area (Å²) in [7, 11) is 0. The van der Waals surface area contributed by atoms with Crippen molar-refractivity contribution in [1.82, 2.24) is 19.7 Å². The van der Waals surface area contributed by atoms with E-state index in [0.717, 1.165) is 12.3 Å². The van der Waals surface area contributed by atoms with Gasteiger partial charge in [0, 0.05) is 12.6 Å². The third-order valence-corrected chi connectivity index (χ3v) is 2.28. The van der Waals surface area contributed by atoms with Crippen LogP contribution in [0.1, 0.15) is 18.3 Å². The average molecular weight is 257 g/mol. The molecule has 0 amide bonds. The first-order valence-electron chi connectivity index (χ1n) is 5.17. The summed E-state index contributed by atoms with van der Waals surface area (Å²) in [5.74, 6) is 0.806. The molecule has 0 aliphatic carbocycles. The van der Waals surface area contributed by atoms with E-state index in [4.69, 9.17) is 5.73 Å². The number of nitrogen functional groups attached to an aromatic ring is 1. The Balaban J connectivity index is 2.37. The van der Waals surface area contributed by atoms with Crippen molar-refractivity contribution in [2.24, 2.45) is 0 Å². The summed E-state index contributed by atoms with van der Waals surface area (Å²) in [4.78, 5) is 7.63. The fraction of sp³-hybridized carbons (Fsp3) is 0.300. The fourth-order valence-corrected chi connectivity index (χ4v) is 1.37. The molecule has 0 fully saturated rings. The highest BCUT2D eigenvalue weighted by Gasteiger charge is 2.30. The number of hydrogen-bond acceptors (Lipinski definition) is 4. The molecule has 2 aromatic heterocycles. The quantitative estimate of drug-likeness (QED) is 0.891. The van der Waals surface area contributed by atoms with Crippen molar-refractivity contribution in [3.8, 4) is 5.82 Å². The van der Waals surface area contributed by atoms with E-state index in [1.54, 1.807) is 0 Å². The van der Waals surface area contributed by atoms with Crippen molar-refractivity contribution >= 4 is 5.95 Å².